The van der Waals surface area contributed by atoms with E-state index < -0.39 is 17.7 Å². The number of Topliss-reactive ketones (excluding diaryl/α,β-unsaturated/α-hetero) is 1. The average molecular weight is 273 g/mol. The molecule has 0 bridgehead atoms. The van der Waals surface area contributed by atoms with Crippen molar-refractivity contribution in [3.05, 3.63) is 0 Å². The third-order valence-electron chi connectivity index (χ3n) is 3.24. The molecule has 0 aliphatic rings. The van der Waals surface area contributed by atoms with E-state index in [1.165, 1.54) is 21.0 Å². The number of hydrogen-bond acceptors (Lipinski definition) is 4. The standard InChI is InChI=1S/C14H27NO4/c1-6-8-9-10(7-2)11(16)12(14(3,4)18)15-13(17)19-5/h10,12,18H,6-9H2,1-5H3,(H,15,17)/t10?,12-/m1/s1. The topological polar surface area (TPSA) is 75.6 Å². The molecule has 0 fully saturated rings. The average Bonchev–Trinajstić information content (AvgIpc) is 2.34. The van der Waals surface area contributed by atoms with E-state index in [1.807, 2.05) is 6.92 Å². The number of alkyl carbamates (subject to hydrolysis) is 1. The molecule has 0 aliphatic carbocycles. The fraction of sp³-hybridized carbons (Fsp3) is 0.857. The summed E-state index contributed by atoms with van der Waals surface area (Å²) >= 11 is 0. The van der Waals surface area contributed by atoms with Gasteiger partial charge >= 0.3 is 6.09 Å². The summed E-state index contributed by atoms with van der Waals surface area (Å²) < 4.78 is 4.51. The van der Waals surface area contributed by atoms with Gasteiger partial charge in [0.2, 0.25) is 0 Å². The van der Waals surface area contributed by atoms with Gasteiger partial charge in [0.1, 0.15) is 6.04 Å². The van der Waals surface area contributed by atoms with Crippen LogP contribution in [0.25, 0.3) is 0 Å². The summed E-state index contributed by atoms with van der Waals surface area (Å²) in [6.45, 7) is 7.03. The monoisotopic (exact) mass is 273 g/mol. The lowest BCUT2D eigenvalue weighted by atomic mass is 9.84. The predicted octanol–water partition coefficient (Wildman–Crippen LogP) is 2.27. The molecule has 0 aromatic carbocycles. The molecule has 0 aromatic heterocycles. The lowest BCUT2D eigenvalue weighted by molar-refractivity contribution is -0.130. The lowest BCUT2D eigenvalue weighted by Gasteiger charge is -2.31. The summed E-state index contributed by atoms with van der Waals surface area (Å²) in [6.07, 6.45) is 2.75. The van der Waals surface area contributed by atoms with Gasteiger partial charge in [-0.05, 0) is 26.7 Å². The number of amides is 1. The van der Waals surface area contributed by atoms with Crippen molar-refractivity contribution in [1.82, 2.24) is 5.32 Å². The first-order valence-corrected chi connectivity index (χ1v) is 6.88. The van der Waals surface area contributed by atoms with Gasteiger partial charge in [-0.15, -0.1) is 0 Å². The van der Waals surface area contributed by atoms with Crippen LogP contribution in [0.1, 0.15) is 53.4 Å². The van der Waals surface area contributed by atoms with E-state index in [9.17, 15) is 14.7 Å². The molecule has 5 heteroatoms. The maximum absolute atomic E-state index is 12.4. The third kappa shape index (κ3) is 6.05. The van der Waals surface area contributed by atoms with Crippen LogP contribution in [0.2, 0.25) is 0 Å². The Bertz CT molecular complexity index is 296. The summed E-state index contributed by atoms with van der Waals surface area (Å²) in [5.74, 6) is -0.276. The molecular weight excluding hydrogens is 246 g/mol. The number of carbonyl (C=O) groups is 2. The van der Waals surface area contributed by atoms with Crippen molar-refractivity contribution < 1.29 is 19.4 Å². The van der Waals surface area contributed by atoms with E-state index in [0.29, 0.717) is 6.42 Å². The van der Waals surface area contributed by atoms with E-state index in [-0.39, 0.29) is 11.7 Å². The quantitative estimate of drug-likeness (QED) is 0.711. The molecular formula is C14H27NO4. The number of nitrogens with one attached hydrogen (secondary N) is 1. The van der Waals surface area contributed by atoms with Gasteiger partial charge in [-0.2, -0.15) is 0 Å². The van der Waals surface area contributed by atoms with Crippen LogP contribution in [-0.4, -0.2) is 35.7 Å². The van der Waals surface area contributed by atoms with Crippen LogP contribution in [0.15, 0.2) is 0 Å². The van der Waals surface area contributed by atoms with Crippen LogP contribution >= 0.6 is 0 Å². The zero-order chi connectivity index (χ0) is 15.1. The Morgan fingerprint density at radius 3 is 2.26 bits per heavy atom. The largest absolute Gasteiger partial charge is 0.453 e. The van der Waals surface area contributed by atoms with Crippen LogP contribution in [0.5, 0.6) is 0 Å². The van der Waals surface area contributed by atoms with Crippen molar-refractivity contribution >= 4 is 11.9 Å². The fourth-order valence-corrected chi connectivity index (χ4v) is 2.01. The summed E-state index contributed by atoms with van der Waals surface area (Å²) in [5, 5.41) is 12.5. The summed E-state index contributed by atoms with van der Waals surface area (Å²) in [6, 6.07) is -0.943. The first-order valence-electron chi connectivity index (χ1n) is 6.88. The number of unbranched alkanes of at least 4 members (excludes halogenated alkanes) is 1. The van der Waals surface area contributed by atoms with Gasteiger partial charge in [0, 0.05) is 5.92 Å². The molecule has 5 nitrogen and oxygen atoms in total. The molecule has 1 amide bonds. The molecule has 19 heavy (non-hydrogen) atoms. The van der Waals surface area contributed by atoms with E-state index in [0.717, 1.165) is 19.3 Å². The number of hydrogen-bond donors (Lipinski definition) is 2. The molecule has 0 spiro atoms. The molecule has 0 saturated heterocycles. The minimum Gasteiger partial charge on any atom is -0.453 e. The highest BCUT2D eigenvalue weighted by Crippen LogP contribution is 2.20. The number of rotatable bonds is 8. The van der Waals surface area contributed by atoms with Gasteiger partial charge in [-0.1, -0.05) is 26.7 Å². The number of ketones is 1. The highest BCUT2D eigenvalue weighted by molar-refractivity contribution is 5.90. The maximum atomic E-state index is 12.4. The second-order valence-corrected chi connectivity index (χ2v) is 5.37. The summed E-state index contributed by atoms with van der Waals surface area (Å²) in [4.78, 5) is 23.7. The first-order chi connectivity index (χ1) is 8.77. The Balaban J connectivity index is 4.92. The lowest BCUT2D eigenvalue weighted by Crippen LogP contribution is -2.55. The molecule has 0 aromatic rings. The predicted molar refractivity (Wildman–Crippen MR) is 73.9 cm³/mol. The van der Waals surface area contributed by atoms with Crippen molar-refractivity contribution in [2.24, 2.45) is 5.92 Å². The van der Waals surface area contributed by atoms with Crippen molar-refractivity contribution in [2.75, 3.05) is 7.11 Å². The Hall–Kier alpha value is -1.10. The van der Waals surface area contributed by atoms with Gasteiger partial charge < -0.3 is 15.2 Å². The minimum absolute atomic E-state index is 0.131. The first kappa shape index (κ1) is 17.9. The number of carbonyl (C=O) groups excluding carboxylic acids is 2. The van der Waals surface area contributed by atoms with Gasteiger partial charge in [0.05, 0.1) is 12.7 Å². The molecule has 2 atom stereocenters. The van der Waals surface area contributed by atoms with Gasteiger partial charge in [0.25, 0.3) is 0 Å². The van der Waals surface area contributed by atoms with E-state index >= 15 is 0 Å². The Morgan fingerprint density at radius 2 is 1.89 bits per heavy atom. The zero-order valence-electron chi connectivity index (χ0n) is 12.7. The minimum atomic E-state index is -1.31. The van der Waals surface area contributed by atoms with Gasteiger partial charge in [-0.25, -0.2) is 4.79 Å². The van der Waals surface area contributed by atoms with E-state index in [1.54, 1.807) is 0 Å². The molecule has 0 heterocycles. The molecule has 0 rings (SSSR count). The van der Waals surface area contributed by atoms with E-state index in [2.05, 4.69) is 17.0 Å². The van der Waals surface area contributed by atoms with Crippen LogP contribution in [0, 0.1) is 5.92 Å². The molecule has 0 radical (unpaired) electrons. The maximum Gasteiger partial charge on any atom is 0.407 e. The van der Waals surface area contributed by atoms with Crippen LogP contribution in [-0.2, 0) is 9.53 Å². The van der Waals surface area contributed by atoms with Gasteiger partial charge in [0.15, 0.2) is 5.78 Å². The number of ether oxygens (including phenoxy) is 1. The smallest absolute Gasteiger partial charge is 0.407 e. The van der Waals surface area contributed by atoms with Crippen molar-refractivity contribution in [3.63, 3.8) is 0 Å². The Kier molecular flexibility index (Phi) is 7.68. The second-order valence-electron chi connectivity index (χ2n) is 5.37. The number of methoxy groups -OCH3 is 1. The highest BCUT2D eigenvalue weighted by Gasteiger charge is 2.37. The van der Waals surface area contributed by atoms with Crippen LogP contribution in [0.4, 0.5) is 4.79 Å². The summed E-state index contributed by atoms with van der Waals surface area (Å²) in [5.41, 5.74) is -1.31. The molecule has 112 valence electrons. The molecule has 1 unspecified atom stereocenters. The Morgan fingerprint density at radius 1 is 1.32 bits per heavy atom. The SMILES string of the molecule is CCCCC(CC)C(=O)[C@@H](NC(=O)OC)C(C)(C)O. The van der Waals surface area contributed by atoms with Gasteiger partial charge in [-0.3, -0.25) is 4.79 Å². The normalized spacial score (nSPS) is 14.6. The fourth-order valence-electron chi connectivity index (χ4n) is 2.01. The molecule has 0 saturated carbocycles. The third-order valence-corrected chi connectivity index (χ3v) is 3.24. The van der Waals surface area contributed by atoms with Crippen LogP contribution in [0.3, 0.4) is 0 Å². The molecule has 2 N–H and O–H groups in total. The van der Waals surface area contributed by atoms with Crippen molar-refractivity contribution in [1.29, 1.82) is 0 Å². The Labute approximate surface area is 115 Å². The highest BCUT2D eigenvalue weighted by atomic mass is 16.5. The summed E-state index contributed by atoms with van der Waals surface area (Å²) in [7, 11) is 1.23. The second kappa shape index (κ2) is 8.15. The zero-order valence-corrected chi connectivity index (χ0v) is 12.7. The van der Waals surface area contributed by atoms with Crippen molar-refractivity contribution in [2.45, 2.75) is 65.0 Å². The van der Waals surface area contributed by atoms with E-state index in [4.69, 9.17) is 0 Å². The van der Waals surface area contributed by atoms with Crippen LogP contribution < -0.4 is 5.32 Å². The number of aliphatic hydroxyl groups is 1. The molecule has 0 aliphatic heterocycles. The van der Waals surface area contributed by atoms with Crippen molar-refractivity contribution in [3.8, 4) is 0 Å².